The molecule has 4 heteroatoms. The van der Waals surface area contributed by atoms with E-state index < -0.39 is 0 Å². The third kappa shape index (κ3) is 2.38. The summed E-state index contributed by atoms with van der Waals surface area (Å²) < 4.78 is 5.81. The number of nitrogens with zero attached hydrogens (tertiary/aromatic N) is 2. The van der Waals surface area contributed by atoms with Gasteiger partial charge in [-0.05, 0) is 31.0 Å². The van der Waals surface area contributed by atoms with Crippen LogP contribution in [-0.2, 0) is 11.2 Å². The van der Waals surface area contributed by atoms with Crippen molar-refractivity contribution >= 4 is 22.5 Å². The van der Waals surface area contributed by atoms with Gasteiger partial charge in [0.1, 0.15) is 11.3 Å². The smallest absolute Gasteiger partial charge is 0.224 e. The molecule has 98 valence electrons. The molecule has 1 aliphatic rings. The molecule has 0 aliphatic carbocycles. The van der Waals surface area contributed by atoms with Crippen molar-refractivity contribution in [2.45, 2.75) is 19.8 Å². The highest BCUT2D eigenvalue weighted by Gasteiger charge is 2.16. The lowest BCUT2D eigenvalue weighted by molar-refractivity contribution is -0.116. The number of aromatic nitrogens is 1. The van der Waals surface area contributed by atoms with E-state index in [0.717, 1.165) is 35.2 Å². The van der Waals surface area contributed by atoms with Gasteiger partial charge < -0.3 is 9.32 Å². The summed E-state index contributed by atoms with van der Waals surface area (Å²) >= 11 is 0. The zero-order valence-electron chi connectivity index (χ0n) is 11.1. The summed E-state index contributed by atoms with van der Waals surface area (Å²) in [5.74, 6) is 0.846. The van der Waals surface area contributed by atoms with E-state index in [9.17, 15) is 4.79 Å². The van der Waals surface area contributed by atoms with Crippen molar-refractivity contribution < 1.29 is 9.21 Å². The number of benzene rings is 1. The van der Waals surface area contributed by atoms with Crippen molar-refractivity contribution in [3.63, 3.8) is 0 Å². The minimum Gasteiger partial charge on any atom is -0.436 e. The first-order valence-electron chi connectivity index (χ1n) is 6.42. The number of ketones is 1. The van der Waals surface area contributed by atoms with Gasteiger partial charge in [-0.15, -0.1) is 0 Å². The number of fused-ring (bicyclic) bond motifs is 1. The van der Waals surface area contributed by atoms with Gasteiger partial charge in [-0.3, -0.25) is 4.79 Å². The van der Waals surface area contributed by atoms with Gasteiger partial charge in [0, 0.05) is 31.8 Å². The Kier molecular flexibility index (Phi) is 2.85. The minimum absolute atomic E-state index is 0.152. The summed E-state index contributed by atoms with van der Waals surface area (Å²) in [5, 5.41) is 0. The Hall–Kier alpha value is -2.10. The molecule has 19 heavy (non-hydrogen) atoms. The van der Waals surface area contributed by atoms with Gasteiger partial charge in [-0.2, -0.15) is 0 Å². The molecule has 0 spiro atoms. The van der Waals surface area contributed by atoms with Crippen LogP contribution in [0.2, 0.25) is 0 Å². The standard InChI is InChI=1S/C15H16N2O2/c1-10(18)7-11-3-4-13-14(8-11)19-15(16-13)12-5-6-17(2)9-12/h3-4,8-9H,5-7H2,1-2H3. The maximum atomic E-state index is 11.1. The SMILES string of the molecule is CC(=O)Cc1ccc2nc(C3=CN(C)CC3)oc2c1. The van der Waals surface area contributed by atoms with Crippen LogP contribution in [0.4, 0.5) is 0 Å². The van der Waals surface area contributed by atoms with Crippen LogP contribution >= 0.6 is 0 Å². The summed E-state index contributed by atoms with van der Waals surface area (Å²) in [7, 11) is 2.04. The average molecular weight is 256 g/mol. The molecular weight excluding hydrogens is 240 g/mol. The van der Waals surface area contributed by atoms with Crippen LogP contribution in [0, 0.1) is 0 Å². The minimum atomic E-state index is 0.152. The zero-order chi connectivity index (χ0) is 13.4. The maximum Gasteiger partial charge on any atom is 0.224 e. The molecular formula is C15H16N2O2. The van der Waals surface area contributed by atoms with Crippen molar-refractivity contribution in [3.05, 3.63) is 35.9 Å². The quantitative estimate of drug-likeness (QED) is 0.847. The van der Waals surface area contributed by atoms with Crippen LogP contribution in [-0.4, -0.2) is 29.3 Å². The predicted octanol–water partition coefficient (Wildman–Crippen LogP) is 2.64. The van der Waals surface area contributed by atoms with E-state index >= 15 is 0 Å². The van der Waals surface area contributed by atoms with Gasteiger partial charge in [0.2, 0.25) is 5.89 Å². The molecule has 0 radical (unpaired) electrons. The fourth-order valence-corrected chi connectivity index (χ4v) is 2.36. The average Bonchev–Trinajstić information content (AvgIpc) is 2.93. The highest BCUT2D eigenvalue weighted by molar-refractivity contribution is 5.81. The highest BCUT2D eigenvalue weighted by Crippen LogP contribution is 2.27. The molecule has 0 bridgehead atoms. The third-order valence-electron chi connectivity index (χ3n) is 3.29. The molecule has 1 aromatic carbocycles. The van der Waals surface area contributed by atoms with Gasteiger partial charge in [0.05, 0.1) is 0 Å². The Balaban J connectivity index is 1.97. The second-order valence-electron chi connectivity index (χ2n) is 5.08. The number of hydrogen-bond acceptors (Lipinski definition) is 4. The van der Waals surface area contributed by atoms with Crippen molar-refractivity contribution in [2.75, 3.05) is 13.6 Å². The van der Waals surface area contributed by atoms with E-state index in [1.54, 1.807) is 6.92 Å². The second-order valence-corrected chi connectivity index (χ2v) is 5.08. The van der Waals surface area contributed by atoms with E-state index in [2.05, 4.69) is 16.1 Å². The maximum absolute atomic E-state index is 11.1. The molecule has 1 aromatic heterocycles. The molecule has 0 unspecified atom stereocenters. The fraction of sp³-hybridized carbons (Fsp3) is 0.333. The lowest BCUT2D eigenvalue weighted by Gasteiger charge is -2.02. The molecule has 0 N–H and O–H groups in total. The highest BCUT2D eigenvalue weighted by atomic mass is 16.3. The lowest BCUT2D eigenvalue weighted by atomic mass is 10.1. The first-order chi connectivity index (χ1) is 9.11. The first-order valence-corrected chi connectivity index (χ1v) is 6.42. The summed E-state index contributed by atoms with van der Waals surface area (Å²) in [4.78, 5) is 17.8. The van der Waals surface area contributed by atoms with Gasteiger partial charge in [0.25, 0.3) is 0 Å². The predicted molar refractivity (Wildman–Crippen MR) is 73.6 cm³/mol. The van der Waals surface area contributed by atoms with E-state index in [-0.39, 0.29) is 5.78 Å². The Morgan fingerprint density at radius 1 is 1.47 bits per heavy atom. The Bertz CT molecular complexity index is 670. The fourth-order valence-electron chi connectivity index (χ4n) is 2.36. The summed E-state index contributed by atoms with van der Waals surface area (Å²) in [6, 6.07) is 5.76. The van der Waals surface area contributed by atoms with Crippen LogP contribution in [0.25, 0.3) is 16.7 Å². The van der Waals surface area contributed by atoms with E-state index in [4.69, 9.17) is 4.42 Å². The Labute approximate surface area is 111 Å². The number of oxazole rings is 1. The van der Waals surface area contributed by atoms with Crippen LogP contribution < -0.4 is 0 Å². The van der Waals surface area contributed by atoms with Gasteiger partial charge in [-0.25, -0.2) is 4.98 Å². The molecule has 1 aliphatic heterocycles. The Morgan fingerprint density at radius 2 is 2.32 bits per heavy atom. The Morgan fingerprint density at radius 3 is 3.00 bits per heavy atom. The second kappa shape index (κ2) is 4.53. The molecule has 4 nitrogen and oxygen atoms in total. The van der Waals surface area contributed by atoms with Gasteiger partial charge in [0.15, 0.2) is 5.58 Å². The topological polar surface area (TPSA) is 46.3 Å². The first kappa shape index (κ1) is 12.0. The number of carbonyl (C=O) groups is 1. The molecule has 3 rings (SSSR count). The zero-order valence-corrected chi connectivity index (χ0v) is 11.1. The van der Waals surface area contributed by atoms with Crippen molar-refractivity contribution in [3.8, 4) is 0 Å². The largest absolute Gasteiger partial charge is 0.436 e. The molecule has 0 saturated heterocycles. The van der Waals surface area contributed by atoms with Crippen molar-refractivity contribution in [1.29, 1.82) is 0 Å². The molecule has 0 atom stereocenters. The molecule has 0 amide bonds. The number of rotatable bonds is 3. The van der Waals surface area contributed by atoms with Gasteiger partial charge in [-0.1, -0.05) is 6.07 Å². The molecule has 0 fully saturated rings. The number of hydrogen-bond donors (Lipinski definition) is 0. The molecule has 2 heterocycles. The van der Waals surface area contributed by atoms with Crippen molar-refractivity contribution in [2.24, 2.45) is 0 Å². The third-order valence-corrected chi connectivity index (χ3v) is 3.29. The van der Waals surface area contributed by atoms with E-state index in [0.29, 0.717) is 12.3 Å². The summed E-state index contributed by atoms with van der Waals surface area (Å²) in [6.07, 6.45) is 3.47. The van der Waals surface area contributed by atoms with E-state index in [1.165, 1.54) is 0 Å². The van der Waals surface area contributed by atoms with Crippen LogP contribution in [0.15, 0.2) is 28.8 Å². The van der Waals surface area contributed by atoms with Crippen LogP contribution in [0.3, 0.4) is 0 Å². The number of carbonyl (C=O) groups excluding carboxylic acids is 1. The van der Waals surface area contributed by atoms with Crippen molar-refractivity contribution in [1.82, 2.24) is 9.88 Å². The molecule has 2 aromatic rings. The number of Topliss-reactive ketones (excluding diaryl/α,β-unsaturated/α-hetero) is 1. The lowest BCUT2D eigenvalue weighted by Crippen LogP contribution is -2.04. The summed E-state index contributed by atoms with van der Waals surface area (Å²) in [6.45, 7) is 2.60. The van der Waals surface area contributed by atoms with Crippen LogP contribution in [0.5, 0.6) is 0 Å². The summed E-state index contributed by atoms with van der Waals surface area (Å²) in [5.41, 5.74) is 3.70. The normalized spacial score (nSPS) is 15.1. The van der Waals surface area contributed by atoms with Crippen LogP contribution in [0.1, 0.15) is 24.8 Å². The van der Waals surface area contributed by atoms with E-state index in [1.807, 2.05) is 25.2 Å². The molecule has 0 saturated carbocycles. The van der Waals surface area contributed by atoms with Gasteiger partial charge >= 0.3 is 0 Å². The monoisotopic (exact) mass is 256 g/mol.